The molecule has 0 aromatic carbocycles. The highest BCUT2D eigenvalue weighted by Gasteiger charge is 2.35. The van der Waals surface area contributed by atoms with Crippen molar-refractivity contribution in [1.29, 1.82) is 0 Å². The lowest BCUT2D eigenvalue weighted by Crippen LogP contribution is -2.56. The van der Waals surface area contributed by atoms with Crippen LogP contribution in [0, 0.1) is 0 Å². The van der Waals surface area contributed by atoms with Crippen LogP contribution in [0.4, 0.5) is 0 Å². The van der Waals surface area contributed by atoms with Crippen molar-refractivity contribution in [3.8, 4) is 0 Å². The van der Waals surface area contributed by atoms with Crippen LogP contribution in [0.5, 0.6) is 0 Å². The average molecular weight is 240 g/mol. The number of hydrogen-bond donors (Lipinski definition) is 1. The second-order valence-corrected chi connectivity index (χ2v) is 5.92. The summed E-state index contributed by atoms with van der Waals surface area (Å²) in [5.74, 6) is 0. The normalized spacial score (nSPS) is 27.4. The highest BCUT2D eigenvalue weighted by atomic mass is 15.2. The molecular weight excluding hydrogens is 208 g/mol. The number of nitrogens with zero attached hydrogens (tertiary/aromatic N) is 1. The first kappa shape index (κ1) is 15.0. The molecule has 1 aliphatic rings. The van der Waals surface area contributed by atoms with Crippen molar-refractivity contribution in [2.24, 2.45) is 0 Å². The molecule has 0 bridgehead atoms. The summed E-state index contributed by atoms with van der Waals surface area (Å²) in [7, 11) is 0. The highest BCUT2D eigenvalue weighted by molar-refractivity contribution is 4.92. The van der Waals surface area contributed by atoms with E-state index in [1.165, 1.54) is 45.2 Å². The quantitative estimate of drug-likeness (QED) is 0.765. The van der Waals surface area contributed by atoms with Gasteiger partial charge in [0.25, 0.3) is 0 Å². The lowest BCUT2D eigenvalue weighted by Gasteiger charge is -2.48. The Morgan fingerprint density at radius 1 is 1.24 bits per heavy atom. The summed E-state index contributed by atoms with van der Waals surface area (Å²) in [5.41, 5.74) is 0.412. The van der Waals surface area contributed by atoms with Gasteiger partial charge in [0.2, 0.25) is 0 Å². The molecular formula is C15H32N2. The maximum atomic E-state index is 3.68. The molecule has 0 aromatic rings. The molecule has 1 rings (SSSR count). The summed E-state index contributed by atoms with van der Waals surface area (Å²) in [4.78, 5) is 2.75. The molecule has 2 heteroatoms. The second-order valence-electron chi connectivity index (χ2n) is 5.92. The van der Waals surface area contributed by atoms with Crippen LogP contribution in [-0.2, 0) is 0 Å². The van der Waals surface area contributed by atoms with Crippen molar-refractivity contribution in [2.75, 3.05) is 13.1 Å². The molecule has 1 heterocycles. The van der Waals surface area contributed by atoms with Crippen molar-refractivity contribution in [3.63, 3.8) is 0 Å². The molecule has 2 nitrogen and oxygen atoms in total. The molecule has 1 saturated heterocycles. The number of nitrogens with one attached hydrogen (secondary N) is 1. The third-order valence-corrected chi connectivity index (χ3v) is 4.78. The van der Waals surface area contributed by atoms with Gasteiger partial charge in [0, 0.05) is 24.2 Å². The number of likely N-dealkylation sites (tertiary alicyclic amines) is 1. The molecule has 0 saturated carbocycles. The molecule has 1 aliphatic heterocycles. The Hall–Kier alpha value is -0.0800. The van der Waals surface area contributed by atoms with Crippen molar-refractivity contribution in [1.82, 2.24) is 10.2 Å². The minimum absolute atomic E-state index is 0.412. The molecule has 2 atom stereocenters. The Balaban J connectivity index is 2.52. The Labute approximate surface area is 108 Å². The largest absolute Gasteiger partial charge is 0.314 e. The van der Waals surface area contributed by atoms with E-state index in [4.69, 9.17) is 0 Å². The fourth-order valence-corrected chi connectivity index (χ4v) is 3.16. The van der Waals surface area contributed by atoms with Crippen LogP contribution < -0.4 is 5.32 Å². The van der Waals surface area contributed by atoms with Gasteiger partial charge in [-0.05, 0) is 52.5 Å². The van der Waals surface area contributed by atoms with Crippen molar-refractivity contribution in [2.45, 2.75) is 84.3 Å². The molecule has 1 N–H and O–H groups in total. The SMILES string of the molecule is CCCNC1CCN(C(C)(CC)CC)C(C)C1. The van der Waals surface area contributed by atoms with Crippen molar-refractivity contribution < 1.29 is 0 Å². The lowest BCUT2D eigenvalue weighted by atomic mass is 9.86. The van der Waals surface area contributed by atoms with E-state index >= 15 is 0 Å². The number of rotatable bonds is 6. The maximum Gasteiger partial charge on any atom is 0.0179 e. The molecule has 2 unspecified atom stereocenters. The van der Waals surface area contributed by atoms with Crippen LogP contribution in [0.15, 0.2) is 0 Å². The zero-order chi connectivity index (χ0) is 12.9. The molecule has 0 amide bonds. The summed E-state index contributed by atoms with van der Waals surface area (Å²) in [6.07, 6.45) is 6.41. The van der Waals surface area contributed by atoms with Crippen molar-refractivity contribution >= 4 is 0 Å². The monoisotopic (exact) mass is 240 g/mol. The van der Waals surface area contributed by atoms with E-state index in [2.05, 4.69) is 44.8 Å². The van der Waals surface area contributed by atoms with Crippen LogP contribution in [0.2, 0.25) is 0 Å². The van der Waals surface area contributed by atoms with Crippen LogP contribution >= 0.6 is 0 Å². The topological polar surface area (TPSA) is 15.3 Å². The zero-order valence-corrected chi connectivity index (χ0v) is 12.6. The van der Waals surface area contributed by atoms with Gasteiger partial charge in [0.1, 0.15) is 0 Å². The number of piperidine rings is 1. The zero-order valence-electron chi connectivity index (χ0n) is 12.6. The van der Waals surface area contributed by atoms with E-state index in [9.17, 15) is 0 Å². The molecule has 102 valence electrons. The van der Waals surface area contributed by atoms with E-state index in [1.54, 1.807) is 0 Å². The van der Waals surface area contributed by atoms with E-state index in [-0.39, 0.29) is 0 Å². The van der Waals surface area contributed by atoms with Crippen LogP contribution in [0.3, 0.4) is 0 Å². The van der Waals surface area contributed by atoms with Gasteiger partial charge in [-0.25, -0.2) is 0 Å². The fraction of sp³-hybridized carbons (Fsp3) is 1.00. The lowest BCUT2D eigenvalue weighted by molar-refractivity contribution is 0.0201. The Kier molecular flexibility index (Phi) is 5.94. The average Bonchev–Trinajstić information content (AvgIpc) is 2.35. The standard InChI is InChI=1S/C15H32N2/c1-6-10-16-14-9-11-17(13(4)12-14)15(5,7-2)8-3/h13-14,16H,6-12H2,1-5H3. The van der Waals surface area contributed by atoms with Gasteiger partial charge in [-0.1, -0.05) is 20.8 Å². The van der Waals surface area contributed by atoms with Crippen LogP contribution in [0.25, 0.3) is 0 Å². The van der Waals surface area contributed by atoms with E-state index in [1.807, 2.05) is 0 Å². The maximum absolute atomic E-state index is 3.68. The van der Waals surface area contributed by atoms with E-state index in [0.717, 1.165) is 12.1 Å². The van der Waals surface area contributed by atoms with Gasteiger partial charge in [-0.2, -0.15) is 0 Å². The van der Waals surface area contributed by atoms with Gasteiger partial charge in [-0.15, -0.1) is 0 Å². The van der Waals surface area contributed by atoms with Gasteiger partial charge in [0.15, 0.2) is 0 Å². The van der Waals surface area contributed by atoms with Crippen molar-refractivity contribution in [3.05, 3.63) is 0 Å². The summed E-state index contributed by atoms with van der Waals surface area (Å²) in [5, 5.41) is 3.68. The third kappa shape index (κ3) is 3.69. The Morgan fingerprint density at radius 2 is 1.88 bits per heavy atom. The number of hydrogen-bond acceptors (Lipinski definition) is 2. The van der Waals surface area contributed by atoms with Crippen LogP contribution in [0.1, 0.15) is 66.7 Å². The van der Waals surface area contributed by atoms with Gasteiger partial charge in [0.05, 0.1) is 0 Å². The fourth-order valence-electron chi connectivity index (χ4n) is 3.16. The minimum atomic E-state index is 0.412. The van der Waals surface area contributed by atoms with Gasteiger partial charge >= 0.3 is 0 Å². The molecule has 0 aliphatic carbocycles. The third-order valence-electron chi connectivity index (χ3n) is 4.78. The van der Waals surface area contributed by atoms with E-state index in [0.29, 0.717) is 5.54 Å². The Morgan fingerprint density at radius 3 is 2.35 bits per heavy atom. The van der Waals surface area contributed by atoms with E-state index < -0.39 is 0 Å². The molecule has 0 radical (unpaired) electrons. The summed E-state index contributed by atoms with van der Waals surface area (Å²) < 4.78 is 0. The Bertz CT molecular complexity index is 211. The summed E-state index contributed by atoms with van der Waals surface area (Å²) >= 11 is 0. The molecule has 0 aromatic heterocycles. The summed E-state index contributed by atoms with van der Waals surface area (Å²) in [6, 6.07) is 1.47. The second kappa shape index (κ2) is 6.75. The molecule has 1 fully saturated rings. The first-order valence-electron chi connectivity index (χ1n) is 7.57. The smallest absolute Gasteiger partial charge is 0.0179 e. The minimum Gasteiger partial charge on any atom is -0.314 e. The van der Waals surface area contributed by atoms with Gasteiger partial charge in [-0.3, -0.25) is 4.90 Å². The first-order valence-corrected chi connectivity index (χ1v) is 7.57. The molecule has 0 spiro atoms. The predicted molar refractivity (Wildman–Crippen MR) is 76.5 cm³/mol. The van der Waals surface area contributed by atoms with Gasteiger partial charge < -0.3 is 5.32 Å². The molecule has 17 heavy (non-hydrogen) atoms. The summed E-state index contributed by atoms with van der Waals surface area (Å²) in [6.45, 7) is 14.2. The van der Waals surface area contributed by atoms with Crippen LogP contribution in [-0.4, -0.2) is 35.6 Å². The highest BCUT2D eigenvalue weighted by Crippen LogP contribution is 2.30. The predicted octanol–water partition coefficient (Wildman–Crippen LogP) is 3.42. The first-order chi connectivity index (χ1) is 8.07.